The van der Waals surface area contributed by atoms with Crippen molar-refractivity contribution in [1.82, 2.24) is 14.6 Å². The lowest BCUT2D eigenvalue weighted by Crippen LogP contribution is -2.50. The Morgan fingerprint density at radius 3 is 2.67 bits per heavy atom. The molecule has 1 spiro atoms. The quantitative estimate of drug-likeness (QED) is 0.676. The lowest BCUT2D eigenvalue weighted by atomic mass is 9.90. The number of ether oxygens (including phenoxy) is 1. The van der Waals surface area contributed by atoms with Gasteiger partial charge in [0, 0.05) is 37.3 Å². The van der Waals surface area contributed by atoms with Crippen LogP contribution in [-0.4, -0.2) is 72.1 Å². The van der Waals surface area contributed by atoms with E-state index in [1.807, 2.05) is 11.6 Å². The van der Waals surface area contributed by atoms with Crippen molar-refractivity contribution in [2.24, 2.45) is 0 Å². The van der Waals surface area contributed by atoms with E-state index in [4.69, 9.17) is 14.6 Å². The van der Waals surface area contributed by atoms with Crippen molar-refractivity contribution in [1.29, 1.82) is 0 Å². The Morgan fingerprint density at radius 1 is 1.40 bits per heavy atom. The maximum Gasteiger partial charge on any atom is 0.490 e. The Balaban J connectivity index is 0.000000318. The van der Waals surface area contributed by atoms with Crippen LogP contribution in [0, 0.1) is 0 Å². The minimum absolute atomic E-state index is 0.0224. The van der Waals surface area contributed by atoms with Gasteiger partial charge in [-0.05, 0) is 32.1 Å². The summed E-state index contributed by atoms with van der Waals surface area (Å²) in [7, 11) is -3.11. The van der Waals surface area contributed by atoms with Crippen LogP contribution in [0.2, 0.25) is 0 Å². The maximum absolute atomic E-state index is 12.2. The van der Waals surface area contributed by atoms with Gasteiger partial charge in [-0.25, -0.2) is 22.9 Å². The number of hydrogen-bond donors (Lipinski definition) is 2. The van der Waals surface area contributed by atoms with Crippen LogP contribution >= 0.6 is 11.3 Å². The summed E-state index contributed by atoms with van der Waals surface area (Å²) >= 11 is 1.68. The van der Waals surface area contributed by atoms with Gasteiger partial charge in [0.15, 0.2) is 0 Å². The van der Waals surface area contributed by atoms with E-state index < -0.39 is 22.2 Å². The predicted molar refractivity (Wildman–Crippen MR) is 102 cm³/mol. The zero-order valence-corrected chi connectivity index (χ0v) is 17.7. The van der Waals surface area contributed by atoms with Gasteiger partial charge in [0.05, 0.1) is 17.4 Å². The molecule has 13 heteroatoms. The number of halogens is 3. The molecule has 30 heavy (non-hydrogen) atoms. The number of aliphatic carboxylic acids is 1. The SMILES string of the molecule is O=C(O)C(F)(F)F.O=S(=O)(N[C@H]1CCO[C@]2(CCN(Cc3nccs3)C2)C1)C1CC1. The third-order valence-electron chi connectivity index (χ3n) is 5.27. The Labute approximate surface area is 176 Å². The Morgan fingerprint density at radius 2 is 2.10 bits per heavy atom. The van der Waals surface area contributed by atoms with Crippen molar-refractivity contribution in [2.75, 3.05) is 19.7 Å². The number of carbonyl (C=O) groups is 1. The fraction of sp³-hybridized carbons (Fsp3) is 0.765. The topological polar surface area (TPSA) is 109 Å². The largest absolute Gasteiger partial charge is 0.490 e. The van der Waals surface area contributed by atoms with Gasteiger partial charge in [-0.3, -0.25) is 4.90 Å². The van der Waals surface area contributed by atoms with Gasteiger partial charge in [-0.15, -0.1) is 11.3 Å². The molecule has 1 saturated carbocycles. The second-order valence-corrected chi connectivity index (χ2v) is 10.7. The molecule has 170 valence electrons. The zero-order valence-electron chi connectivity index (χ0n) is 16.1. The number of nitrogens with one attached hydrogen (secondary N) is 1. The number of aromatic nitrogens is 1. The van der Waals surface area contributed by atoms with Crippen molar-refractivity contribution >= 4 is 27.3 Å². The van der Waals surface area contributed by atoms with E-state index in [0.717, 1.165) is 56.7 Å². The molecule has 2 atom stereocenters. The molecule has 0 bridgehead atoms. The van der Waals surface area contributed by atoms with Crippen LogP contribution in [0.25, 0.3) is 0 Å². The van der Waals surface area contributed by atoms with Crippen LogP contribution in [0.4, 0.5) is 13.2 Å². The average Bonchev–Trinajstić information content (AvgIpc) is 3.28. The standard InChI is InChI=1S/C15H23N3O3S2.C2HF3O2/c19-23(20,13-1-2-13)17-12-3-7-21-15(9-12)4-6-18(11-15)10-14-16-5-8-22-14;3-2(4,5)1(6)7/h5,8,12-13,17H,1-4,6-7,9-11H2;(H,6,7)/t12-,15+;/m0./s1. The number of rotatable bonds is 5. The fourth-order valence-electron chi connectivity index (χ4n) is 3.70. The molecule has 4 rings (SSSR count). The summed E-state index contributed by atoms with van der Waals surface area (Å²) in [5, 5.41) is 10.1. The normalized spacial score (nSPS) is 27.6. The van der Waals surface area contributed by atoms with Crippen molar-refractivity contribution in [3.8, 4) is 0 Å². The molecule has 0 radical (unpaired) electrons. The number of carboxylic acid groups (broad SMARTS) is 1. The summed E-state index contributed by atoms with van der Waals surface area (Å²) in [4.78, 5) is 15.6. The number of likely N-dealkylation sites (tertiary alicyclic amines) is 1. The molecule has 3 fully saturated rings. The van der Waals surface area contributed by atoms with Crippen molar-refractivity contribution < 1.29 is 36.2 Å². The summed E-state index contributed by atoms with van der Waals surface area (Å²) in [6.45, 7) is 3.36. The third-order valence-corrected chi connectivity index (χ3v) is 8.04. The molecule has 2 saturated heterocycles. The minimum Gasteiger partial charge on any atom is -0.475 e. The van der Waals surface area contributed by atoms with Gasteiger partial charge in [0.2, 0.25) is 10.0 Å². The maximum atomic E-state index is 12.2. The number of nitrogens with zero attached hydrogens (tertiary/aromatic N) is 2. The van der Waals surface area contributed by atoms with E-state index in [1.54, 1.807) is 11.3 Å². The highest BCUT2D eigenvalue weighted by atomic mass is 32.2. The number of sulfonamides is 1. The number of thiazole rings is 1. The molecule has 8 nitrogen and oxygen atoms in total. The monoisotopic (exact) mass is 471 g/mol. The van der Waals surface area contributed by atoms with Gasteiger partial charge < -0.3 is 9.84 Å². The summed E-state index contributed by atoms with van der Waals surface area (Å²) in [5.74, 6) is -2.76. The van der Waals surface area contributed by atoms with Gasteiger partial charge in [-0.1, -0.05) is 0 Å². The van der Waals surface area contributed by atoms with E-state index in [9.17, 15) is 21.6 Å². The van der Waals surface area contributed by atoms with Gasteiger partial charge in [-0.2, -0.15) is 13.2 Å². The molecule has 0 amide bonds. The predicted octanol–water partition coefficient (Wildman–Crippen LogP) is 1.98. The molecule has 1 aliphatic carbocycles. The van der Waals surface area contributed by atoms with Crippen molar-refractivity contribution in [3.05, 3.63) is 16.6 Å². The summed E-state index contributed by atoms with van der Waals surface area (Å²) < 4.78 is 65.1. The Bertz CT molecular complexity index is 830. The lowest BCUT2D eigenvalue weighted by molar-refractivity contribution is -0.192. The van der Waals surface area contributed by atoms with Crippen LogP contribution in [-0.2, 0) is 26.1 Å². The molecule has 0 aromatic carbocycles. The molecule has 3 aliphatic rings. The van der Waals surface area contributed by atoms with Crippen LogP contribution in [0.5, 0.6) is 0 Å². The molecule has 2 N–H and O–H groups in total. The molecule has 1 aromatic heterocycles. The van der Waals surface area contributed by atoms with E-state index in [-0.39, 0.29) is 16.9 Å². The van der Waals surface area contributed by atoms with Crippen molar-refractivity contribution in [2.45, 2.75) is 61.7 Å². The second-order valence-electron chi connectivity index (χ2n) is 7.77. The van der Waals surface area contributed by atoms with Gasteiger partial charge in [0.1, 0.15) is 5.01 Å². The lowest BCUT2D eigenvalue weighted by Gasteiger charge is -2.38. The van der Waals surface area contributed by atoms with E-state index in [1.165, 1.54) is 0 Å². The van der Waals surface area contributed by atoms with E-state index >= 15 is 0 Å². The Kier molecular flexibility index (Phi) is 7.07. The third kappa shape index (κ3) is 6.36. The zero-order chi connectivity index (χ0) is 22.0. The second kappa shape index (κ2) is 9.07. The molecule has 3 heterocycles. The fourth-order valence-corrected chi connectivity index (χ4v) is 5.98. The highest BCUT2D eigenvalue weighted by Crippen LogP contribution is 2.36. The van der Waals surface area contributed by atoms with Crippen LogP contribution in [0.15, 0.2) is 11.6 Å². The number of alkyl halides is 3. The van der Waals surface area contributed by atoms with Crippen LogP contribution < -0.4 is 4.72 Å². The first-order valence-electron chi connectivity index (χ1n) is 9.55. The van der Waals surface area contributed by atoms with Crippen molar-refractivity contribution in [3.63, 3.8) is 0 Å². The first-order valence-corrected chi connectivity index (χ1v) is 12.0. The molecular formula is C17H24F3N3O5S2. The summed E-state index contributed by atoms with van der Waals surface area (Å²) in [6, 6.07) is 0.0224. The van der Waals surface area contributed by atoms with Gasteiger partial charge in [0.25, 0.3) is 0 Å². The summed E-state index contributed by atoms with van der Waals surface area (Å²) in [6.07, 6.45) is 0.912. The van der Waals surface area contributed by atoms with Crippen LogP contribution in [0.1, 0.15) is 37.1 Å². The molecule has 1 aromatic rings. The smallest absolute Gasteiger partial charge is 0.475 e. The van der Waals surface area contributed by atoms with E-state index in [2.05, 4.69) is 14.6 Å². The van der Waals surface area contributed by atoms with Gasteiger partial charge >= 0.3 is 12.1 Å². The highest BCUT2D eigenvalue weighted by Gasteiger charge is 2.45. The minimum atomic E-state index is -5.08. The first-order chi connectivity index (χ1) is 14.0. The molecule has 2 aliphatic heterocycles. The average molecular weight is 472 g/mol. The van der Waals surface area contributed by atoms with Crippen LogP contribution in [0.3, 0.4) is 0 Å². The van der Waals surface area contributed by atoms with E-state index in [0.29, 0.717) is 6.61 Å². The number of carboxylic acids is 1. The first kappa shape index (κ1) is 23.4. The molecular weight excluding hydrogens is 447 g/mol. The number of hydrogen-bond acceptors (Lipinski definition) is 7. The molecule has 0 unspecified atom stereocenters. The highest BCUT2D eigenvalue weighted by molar-refractivity contribution is 7.90. The summed E-state index contributed by atoms with van der Waals surface area (Å²) in [5.41, 5.74) is -0.188. The Hall–Kier alpha value is -1.28.